The van der Waals surface area contributed by atoms with E-state index < -0.39 is 6.10 Å². The second kappa shape index (κ2) is 5.22. The monoisotopic (exact) mass is 122 g/mol. The van der Waals surface area contributed by atoms with Gasteiger partial charge in [-0.05, 0) is 12.8 Å². The second-order valence-electron chi connectivity index (χ2n) is 1.78. The molecule has 1 heteroatoms. The second-order valence-corrected chi connectivity index (χ2v) is 1.78. The molecule has 0 amide bonds. The number of terminal acetylenes is 2. The van der Waals surface area contributed by atoms with Crippen molar-refractivity contribution < 1.29 is 5.11 Å². The fourth-order valence-electron chi connectivity index (χ4n) is 0.481. The molecule has 0 saturated heterocycles. The van der Waals surface area contributed by atoms with Gasteiger partial charge in [-0.3, -0.25) is 0 Å². The van der Waals surface area contributed by atoms with Gasteiger partial charge in [-0.25, -0.2) is 0 Å². The number of hydrogen-bond acceptors (Lipinski definition) is 1. The lowest BCUT2D eigenvalue weighted by Crippen LogP contribution is -2.00. The Morgan fingerprint density at radius 2 is 2.11 bits per heavy atom. The predicted molar refractivity (Wildman–Crippen MR) is 37.5 cm³/mol. The maximum Gasteiger partial charge on any atom is 0.114 e. The van der Waals surface area contributed by atoms with E-state index in [1.54, 1.807) is 0 Å². The molecular weight excluding hydrogens is 112 g/mol. The highest BCUT2D eigenvalue weighted by atomic mass is 16.3. The van der Waals surface area contributed by atoms with Crippen LogP contribution in [0.15, 0.2) is 0 Å². The first-order valence-corrected chi connectivity index (χ1v) is 2.89. The van der Waals surface area contributed by atoms with Gasteiger partial charge in [0, 0.05) is 6.42 Å². The van der Waals surface area contributed by atoms with Gasteiger partial charge in [0.15, 0.2) is 0 Å². The molecule has 1 N–H and O–H groups in total. The lowest BCUT2D eigenvalue weighted by atomic mass is 10.2. The maximum atomic E-state index is 8.78. The molecule has 1 unspecified atom stereocenters. The number of hydrogen-bond donors (Lipinski definition) is 1. The molecule has 0 aliphatic rings. The van der Waals surface area contributed by atoms with Crippen LogP contribution in [0.25, 0.3) is 0 Å². The van der Waals surface area contributed by atoms with Crippen molar-refractivity contribution >= 4 is 0 Å². The van der Waals surface area contributed by atoms with E-state index in [9.17, 15) is 0 Å². The summed E-state index contributed by atoms with van der Waals surface area (Å²) in [5.41, 5.74) is 0. The molecule has 0 aromatic rings. The molecule has 0 rings (SSSR count). The van der Waals surface area contributed by atoms with Crippen LogP contribution in [0.3, 0.4) is 0 Å². The summed E-state index contributed by atoms with van der Waals surface area (Å²) in [4.78, 5) is 0. The molecule has 48 valence electrons. The van der Waals surface area contributed by atoms with Crippen molar-refractivity contribution in [2.75, 3.05) is 0 Å². The van der Waals surface area contributed by atoms with Crippen LogP contribution in [-0.2, 0) is 0 Å². The summed E-state index contributed by atoms with van der Waals surface area (Å²) in [5.74, 6) is 4.68. The van der Waals surface area contributed by atoms with E-state index in [1.165, 1.54) is 0 Å². The van der Waals surface area contributed by atoms with Crippen molar-refractivity contribution in [3.05, 3.63) is 0 Å². The summed E-state index contributed by atoms with van der Waals surface area (Å²) in [7, 11) is 0. The lowest BCUT2D eigenvalue weighted by Gasteiger charge is -1.97. The topological polar surface area (TPSA) is 20.2 Å². The van der Waals surface area contributed by atoms with Gasteiger partial charge in [-0.15, -0.1) is 18.8 Å². The largest absolute Gasteiger partial charge is 0.380 e. The highest BCUT2D eigenvalue weighted by molar-refractivity contribution is 4.93. The third kappa shape index (κ3) is 4.94. The first-order chi connectivity index (χ1) is 4.31. The Morgan fingerprint density at radius 1 is 1.44 bits per heavy atom. The fraction of sp³-hybridized carbons (Fsp3) is 0.500. The molecule has 0 radical (unpaired) electrons. The van der Waals surface area contributed by atoms with Gasteiger partial charge >= 0.3 is 0 Å². The molecular formula is C8H10O. The molecule has 0 bridgehead atoms. The Hall–Kier alpha value is -0.920. The maximum absolute atomic E-state index is 8.78. The van der Waals surface area contributed by atoms with E-state index in [4.69, 9.17) is 18.0 Å². The first kappa shape index (κ1) is 8.08. The summed E-state index contributed by atoms with van der Waals surface area (Å²) < 4.78 is 0. The summed E-state index contributed by atoms with van der Waals surface area (Å²) in [6, 6.07) is 0. The minimum Gasteiger partial charge on any atom is -0.380 e. The van der Waals surface area contributed by atoms with E-state index in [0.717, 1.165) is 6.42 Å². The van der Waals surface area contributed by atoms with Gasteiger partial charge < -0.3 is 5.11 Å². The van der Waals surface area contributed by atoms with Gasteiger partial charge in [0.2, 0.25) is 0 Å². The molecule has 0 spiro atoms. The minimum absolute atomic E-state index is 0.612. The van der Waals surface area contributed by atoms with Gasteiger partial charge in [0.25, 0.3) is 0 Å². The minimum atomic E-state index is -0.613. The molecule has 0 aromatic heterocycles. The van der Waals surface area contributed by atoms with Crippen LogP contribution in [0.2, 0.25) is 0 Å². The van der Waals surface area contributed by atoms with Gasteiger partial charge in [0.1, 0.15) is 6.10 Å². The van der Waals surface area contributed by atoms with Crippen LogP contribution in [0.4, 0.5) is 0 Å². The molecule has 0 aliphatic heterocycles. The summed E-state index contributed by atoms with van der Waals surface area (Å²) >= 11 is 0. The molecule has 0 saturated carbocycles. The molecule has 0 fully saturated rings. The van der Waals surface area contributed by atoms with Crippen LogP contribution in [0.1, 0.15) is 19.3 Å². The normalized spacial score (nSPS) is 11.4. The van der Waals surface area contributed by atoms with E-state index in [0.29, 0.717) is 12.8 Å². The van der Waals surface area contributed by atoms with Crippen LogP contribution in [0, 0.1) is 24.7 Å². The van der Waals surface area contributed by atoms with Crippen molar-refractivity contribution in [1.29, 1.82) is 0 Å². The third-order valence-corrected chi connectivity index (χ3v) is 0.991. The average Bonchev–Trinajstić information content (AvgIpc) is 1.89. The molecule has 1 nitrogen and oxygen atoms in total. The van der Waals surface area contributed by atoms with Crippen molar-refractivity contribution in [3.63, 3.8) is 0 Å². The Morgan fingerprint density at radius 3 is 2.56 bits per heavy atom. The fourth-order valence-corrected chi connectivity index (χ4v) is 0.481. The SMILES string of the molecule is C#CCCCC(O)C#C. The van der Waals surface area contributed by atoms with E-state index >= 15 is 0 Å². The number of aliphatic hydroxyl groups is 1. The number of aliphatic hydroxyl groups excluding tert-OH is 1. The van der Waals surface area contributed by atoms with Crippen molar-refractivity contribution in [2.45, 2.75) is 25.4 Å². The van der Waals surface area contributed by atoms with Gasteiger partial charge in [-0.1, -0.05) is 5.92 Å². The van der Waals surface area contributed by atoms with Crippen molar-refractivity contribution in [1.82, 2.24) is 0 Å². The average molecular weight is 122 g/mol. The molecule has 1 atom stereocenters. The van der Waals surface area contributed by atoms with Crippen molar-refractivity contribution in [2.24, 2.45) is 0 Å². The zero-order chi connectivity index (χ0) is 7.11. The zero-order valence-corrected chi connectivity index (χ0v) is 5.30. The molecule has 0 aliphatic carbocycles. The summed E-state index contributed by atoms with van der Waals surface area (Å²) in [5, 5.41) is 8.78. The van der Waals surface area contributed by atoms with Crippen LogP contribution in [-0.4, -0.2) is 11.2 Å². The standard InChI is InChI=1S/C8H10O/c1-3-5-6-7-8(9)4-2/h1-2,8-9H,5-7H2. The van der Waals surface area contributed by atoms with E-state index in [2.05, 4.69) is 11.8 Å². The predicted octanol–water partition coefficient (Wildman–Crippen LogP) is 0.784. The van der Waals surface area contributed by atoms with E-state index in [1.807, 2.05) is 0 Å². The highest BCUT2D eigenvalue weighted by Gasteiger charge is 1.94. The number of unbranched alkanes of at least 4 members (excludes halogenated alkanes) is 1. The smallest absolute Gasteiger partial charge is 0.114 e. The number of rotatable bonds is 3. The molecule has 0 heterocycles. The molecule has 9 heavy (non-hydrogen) atoms. The van der Waals surface area contributed by atoms with Gasteiger partial charge in [0.05, 0.1) is 0 Å². The molecule has 0 aromatic carbocycles. The highest BCUT2D eigenvalue weighted by Crippen LogP contribution is 1.97. The quantitative estimate of drug-likeness (QED) is 0.433. The Kier molecular flexibility index (Phi) is 4.69. The zero-order valence-electron chi connectivity index (χ0n) is 5.30. The Bertz CT molecular complexity index is 136. The Balaban J connectivity index is 3.12. The van der Waals surface area contributed by atoms with Crippen molar-refractivity contribution in [3.8, 4) is 24.7 Å². The Labute approximate surface area is 56.1 Å². The summed E-state index contributed by atoms with van der Waals surface area (Å²) in [6.45, 7) is 0. The van der Waals surface area contributed by atoms with Gasteiger partial charge in [-0.2, -0.15) is 0 Å². The third-order valence-electron chi connectivity index (χ3n) is 0.991. The summed E-state index contributed by atoms with van der Waals surface area (Å²) in [6.07, 6.45) is 11.4. The van der Waals surface area contributed by atoms with Crippen LogP contribution in [0.5, 0.6) is 0 Å². The van der Waals surface area contributed by atoms with E-state index in [-0.39, 0.29) is 0 Å². The first-order valence-electron chi connectivity index (χ1n) is 2.89. The van der Waals surface area contributed by atoms with Crippen LogP contribution < -0.4 is 0 Å². The lowest BCUT2D eigenvalue weighted by molar-refractivity contribution is 0.219. The van der Waals surface area contributed by atoms with Crippen LogP contribution >= 0.6 is 0 Å².